The fraction of sp³-hybridized carbons (Fsp3) is 0.286. The monoisotopic (exact) mass is 324 g/mol. The lowest BCUT2D eigenvalue weighted by Gasteiger charge is -2.18. The van der Waals surface area contributed by atoms with Crippen molar-refractivity contribution in [3.63, 3.8) is 0 Å². The zero-order valence-electron chi connectivity index (χ0n) is 11.1. The van der Waals surface area contributed by atoms with Crippen molar-refractivity contribution in [1.82, 2.24) is 4.98 Å². The molecule has 0 radical (unpaired) electrons. The highest BCUT2D eigenvalue weighted by molar-refractivity contribution is 7.09. The Bertz CT molecular complexity index is 659. The topological polar surface area (TPSA) is 60.5 Å². The van der Waals surface area contributed by atoms with E-state index >= 15 is 0 Å². The van der Waals surface area contributed by atoms with Gasteiger partial charge >= 0.3 is 0 Å². The number of fused-ring (bicyclic) bond motifs is 1. The van der Waals surface area contributed by atoms with Crippen molar-refractivity contribution in [2.75, 3.05) is 18.5 Å². The number of nitrogens with zero attached hydrogens (tertiary/aromatic N) is 1. The minimum Gasteiger partial charge on any atom is -0.486 e. The SMILES string of the molecule is O=C(Cc1nc(CCl)cs1)Nc1ccc2c(c1)OCCO2. The van der Waals surface area contributed by atoms with E-state index in [4.69, 9.17) is 21.1 Å². The molecule has 1 N–H and O–H groups in total. The molecule has 0 saturated heterocycles. The van der Waals surface area contributed by atoms with Crippen LogP contribution in [0, 0.1) is 0 Å². The molecule has 1 aromatic carbocycles. The molecule has 5 nitrogen and oxygen atoms in total. The van der Waals surface area contributed by atoms with Crippen LogP contribution >= 0.6 is 22.9 Å². The highest BCUT2D eigenvalue weighted by atomic mass is 35.5. The van der Waals surface area contributed by atoms with Crippen molar-refractivity contribution >= 4 is 34.5 Å². The van der Waals surface area contributed by atoms with Crippen molar-refractivity contribution in [2.24, 2.45) is 0 Å². The molecule has 2 heterocycles. The van der Waals surface area contributed by atoms with E-state index in [1.807, 2.05) is 5.38 Å². The minimum absolute atomic E-state index is 0.123. The number of thiazole rings is 1. The standard InChI is InChI=1S/C14H13ClN2O3S/c15-7-10-8-21-14(17-10)6-13(18)16-9-1-2-11-12(5-9)20-4-3-19-11/h1-2,5,8H,3-4,6-7H2,(H,16,18). The van der Waals surface area contributed by atoms with Crippen molar-refractivity contribution in [1.29, 1.82) is 0 Å². The predicted octanol–water partition coefficient (Wildman–Crippen LogP) is 2.83. The number of rotatable bonds is 4. The summed E-state index contributed by atoms with van der Waals surface area (Å²) in [5.41, 5.74) is 1.47. The minimum atomic E-state index is -0.123. The lowest BCUT2D eigenvalue weighted by molar-refractivity contribution is -0.115. The number of hydrogen-bond donors (Lipinski definition) is 1. The van der Waals surface area contributed by atoms with E-state index in [-0.39, 0.29) is 12.3 Å². The number of ether oxygens (including phenoxy) is 2. The third-order valence-electron chi connectivity index (χ3n) is 2.87. The lowest BCUT2D eigenvalue weighted by Crippen LogP contribution is -2.17. The second-order valence-electron chi connectivity index (χ2n) is 4.45. The van der Waals surface area contributed by atoms with Crippen LogP contribution in [0.4, 0.5) is 5.69 Å². The van der Waals surface area contributed by atoms with Gasteiger partial charge in [-0.15, -0.1) is 22.9 Å². The molecule has 7 heteroatoms. The first-order valence-corrected chi connectivity index (χ1v) is 7.85. The number of alkyl halides is 1. The predicted molar refractivity (Wildman–Crippen MR) is 81.4 cm³/mol. The van der Waals surface area contributed by atoms with Crippen LogP contribution < -0.4 is 14.8 Å². The average molecular weight is 325 g/mol. The molecule has 0 saturated carbocycles. The molecule has 2 aromatic rings. The quantitative estimate of drug-likeness (QED) is 0.879. The van der Waals surface area contributed by atoms with Gasteiger partial charge in [0.05, 0.1) is 18.0 Å². The summed E-state index contributed by atoms with van der Waals surface area (Å²) in [7, 11) is 0. The van der Waals surface area contributed by atoms with Gasteiger partial charge in [0.2, 0.25) is 5.91 Å². The van der Waals surface area contributed by atoms with Crippen LogP contribution in [0.2, 0.25) is 0 Å². The van der Waals surface area contributed by atoms with Gasteiger partial charge in [0.25, 0.3) is 0 Å². The number of benzene rings is 1. The molecule has 0 spiro atoms. The van der Waals surface area contributed by atoms with Crippen LogP contribution in [0.25, 0.3) is 0 Å². The van der Waals surface area contributed by atoms with E-state index in [9.17, 15) is 4.79 Å². The van der Waals surface area contributed by atoms with E-state index in [1.54, 1.807) is 18.2 Å². The van der Waals surface area contributed by atoms with Gasteiger partial charge in [0.1, 0.15) is 18.2 Å². The highest BCUT2D eigenvalue weighted by Crippen LogP contribution is 2.32. The fourth-order valence-corrected chi connectivity index (χ4v) is 2.98. The molecule has 1 aliphatic rings. The molecule has 1 aromatic heterocycles. The Balaban J connectivity index is 1.64. The number of anilines is 1. The third kappa shape index (κ3) is 3.46. The van der Waals surface area contributed by atoms with Crippen LogP contribution in [0.15, 0.2) is 23.6 Å². The van der Waals surface area contributed by atoms with Crippen molar-refractivity contribution in [2.45, 2.75) is 12.3 Å². The van der Waals surface area contributed by atoms with Gasteiger partial charge in [-0.3, -0.25) is 4.79 Å². The number of aromatic nitrogens is 1. The van der Waals surface area contributed by atoms with Gasteiger partial charge in [-0.25, -0.2) is 4.98 Å². The van der Waals surface area contributed by atoms with Crippen LogP contribution in [0.5, 0.6) is 11.5 Å². The summed E-state index contributed by atoms with van der Waals surface area (Å²) in [4.78, 5) is 16.3. The van der Waals surface area contributed by atoms with Gasteiger partial charge < -0.3 is 14.8 Å². The molecule has 0 aliphatic carbocycles. The largest absolute Gasteiger partial charge is 0.486 e. The molecule has 21 heavy (non-hydrogen) atoms. The van der Waals surface area contributed by atoms with E-state index in [1.165, 1.54) is 11.3 Å². The summed E-state index contributed by atoms with van der Waals surface area (Å²) >= 11 is 7.13. The Morgan fingerprint density at radius 2 is 2.14 bits per heavy atom. The number of amides is 1. The molecule has 1 aliphatic heterocycles. The smallest absolute Gasteiger partial charge is 0.231 e. The summed E-state index contributed by atoms with van der Waals surface area (Å²) in [6.07, 6.45) is 0.232. The van der Waals surface area contributed by atoms with Crippen LogP contribution in [0.1, 0.15) is 10.7 Å². The maximum atomic E-state index is 12.0. The Labute approximate surface area is 130 Å². The summed E-state index contributed by atoms with van der Waals surface area (Å²) in [5, 5.41) is 5.44. The molecule has 0 fully saturated rings. The maximum Gasteiger partial charge on any atom is 0.231 e. The summed E-state index contributed by atoms with van der Waals surface area (Å²) < 4.78 is 10.9. The van der Waals surface area contributed by atoms with Gasteiger partial charge in [0.15, 0.2) is 11.5 Å². The van der Waals surface area contributed by atoms with Crippen molar-refractivity contribution < 1.29 is 14.3 Å². The van der Waals surface area contributed by atoms with E-state index in [0.29, 0.717) is 36.3 Å². The number of halogens is 1. The number of carbonyl (C=O) groups is 1. The zero-order chi connectivity index (χ0) is 14.7. The van der Waals surface area contributed by atoms with Crippen LogP contribution in [-0.4, -0.2) is 24.1 Å². The first-order chi connectivity index (χ1) is 10.2. The number of nitrogens with one attached hydrogen (secondary N) is 1. The van der Waals surface area contributed by atoms with Gasteiger partial charge in [-0.2, -0.15) is 0 Å². The Hall–Kier alpha value is -1.79. The van der Waals surface area contributed by atoms with E-state index in [0.717, 1.165) is 10.7 Å². The van der Waals surface area contributed by atoms with E-state index in [2.05, 4.69) is 10.3 Å². The van der Waals surface area contributed by atoms with E-state index < -0.39 is 0 Å². The summed E-state index contributed by atoms with van der Waals surface area (Å²) in [6, 6.07) is 5.34. The summed E-state index contributed by atoms with van der Waals surface area (Å²) in [5.74, 6) is 1.59. The molecule has 0 atom stereocenters. The average Bonchev–Trinajstić information content (AvgIpc) is 2.94. The van der Waals surface area contributed by atoms with Gasteiger partial charge in [0, 0.05) is 17.1 Å². The van der Waals surface area contributed by atoms with Gasteiger partial charge in [-0.1, -0.05) is 0 Å². The molecule has 1 amide bonds. The molecule has 3 rings (SSSR count). The lowest BCUT2D eigenvalue weighted by atomic mass is 10.2. The molecule has 0 unspecified atom stereocenters. The van der Waals surface area contributed by atoms with Crippen LogP contribution in [0.3, 0.4) is 0 Å². The Kier molecular flexibility index (Phi) is 4.26. The number of hydrogen-bond acceptors (Lipinski definition) is 5. The molecule has 0 bridgehead atoms. The maximum absolute atomic E-state index is 12.0. The second kappa shape index (κ2) is 6.32. The number of carbonyl (C=O) groups excluding carboxylic acids is 1. The van der Waals surface area contributed by atoms with Crippen molar-refractivity contribution in [3.05, 3.63) is 34.3 Å². The first-order valence-electron chi connectivity index (χ1n) is 6.43. The summed E-state index contributed by atoms with van der Waals surface area (Å²) in [6.45, 7) is 1.07. The Morgan fingerprint density at radius 3 is 2.90 bits per heavy atom. The molecular formula is C14H13ClN2O3S. The molecule has 110 valence electrons. The van der Waals surface area contributed by atoms with Crippen LogP contribution in [-0.2, 0) is 17.1 Å². The molecular weight excluding hydrogens is 312 g/mol. The zero-order valence-corrected chi connectivity index (χ0v) is 12.7. The Morgan fingerprint density at radius 1 is 1.33 bits per heavy atom. The first kappa shape index (κ1) is 14.2. The third-order valence-corrected chi connectivity index (χ3v) is 4.05. The second-order valence-corrected chi connectivity index (χ2v) is 5.66. The highest BCUT2D eigenvalue weighted by Gasteiger charge is 2.13. The van der Waals surface area contributed by atoms with Gasteiger partial charge in [-0.05, 0) is 12.1 Å². The fourth-order valence-electron chi connectivity index (χ4n) is 1.96. The van der Waals surface area contributed by atoms with Crippen molar-refractivity contribution in [3.8, 4) is 11.5 Å². The normalized spacial score (nSPS) is 13.0.